The third-order valence-electron chi connectivity index (χ3n) is 4.80. The first-order valence-corrected chi connectivity index (χ1v) is 9.39. The van der Waals surface area contributed by atoms with Crippen molar-refractivity contribution in [3.63, 3.8) is 0 Å². The lowest BCUT2D eigenvalue weighted by atomic mass is 10.1. The lowest BCUT2D eigenvalue weighted by Gasteiger charge is -2.10. The van der Waals surface area contributed by atoms with Crippen LogP contribution in [-0.4, -0.2) is 0 Å². The van der Waals surface area contributed by atoms with Gasteiger partial charge < -0.3 is 9.15 Å². The SMILES string of the molecule is Cc1ccc(C)c(COc2ccc3c(=O)c(-c4ccc(Cl)cc4)coc3c2)c1. The van der Waals surface area contributed by atoms with Crippen molar-refractivity contribution in [2.45, 2.75) is 20.5 Å². The van der Waals surface area contributed by atoms with Gasteiger partial charge in [0.15, 0.2) is 5.43 Å². The fourth-order valence-electron chi connectivity index (χ4n) is 3.14. The van der Waals surface area contributed by atoms with Crippen molar-refractivity contribution >= 4 is 22.6 Å². The van der Waals surface area contributed by atoms with E-state index in [4.69, 9.17) is 20.8 Å². The number of benzene rings is 3. The van der Waals surface area contributed by atoms with Crippen LogP contribution in [0.25, 0.3) is 22.1 Å². The van der Waals surface area contributed by atoms with Gasteiger partial charge in [-0.2, -0.15) is 0 Å². The third-order valence-corrected chi connectivity index (χ3v) is 5.05. The highest BCUT2D eigenvalue weighted by atomic mass is 35.5. The van der Waals surface area contributed by atoms with E-state index in [2.05, 4.69) is 32.0 Å². The van der Waals surface area contributed by atoms with Gasteiger partial charge in [0.05, 0.1) is 10.9 Å². The normalized spacial score (nSPS) is 11.0. The molecular weight excluding hydrogens is 372 g/mol. The van der Waals surface area contributed by atoms with E-state index in [1.54, 1.807) is 30.3 Å². The van der Waals surface area contributed by atoms with Crippen molar-refractivity contribution in [1.29, 1.82) is 0 Å². The van der Waals surface area contributed by atoms with E-state index in [0.29, 0.717) is 33.9 Å². The molecule has 0 saturated carbocycles. The van der Waals surface area contributed by atoms with Crippen LogP contribution < -0.4 is 10.2 Å². The molecule has 0 fully saturated rings. The second-order valence-electron chi connectivity index (χ2n) is 6.86. The van der Waals surface area contributed by atoms with Gasteiger partial charge in [-0.05, 0) is 54.8 Å². The maximum Gasteiger partial charge on any atom is 0.200 e. The van der Waals surface area contributed by atoms with Gasteiger partial charge in [0.2, 0.25) is 0 Å². The van der Waals surface area contributed by atoms with Crippen molar-refractivity contribution in [3.05, 3.63) is 98.9 Å². The van der Waals surface area contributed by atoms with Gasteiger partial charge in [-0.15, -0.1) is 0 Å². The molecule has 0 aliphatic heterocycles. The summed E-state index contributed by atoms with van der Waals surface area (Å²) in [5.74, 6) is 0.663. The topological polar surface area (TPSA) is 39.4 Å². The zero-order valence-electron chi connectivity index (χ0n) is 15.7. The average molecular weight is 391 g/mol. The predicted octanol–water partition coefficient (Wildman–Crippen LogP) is 6.31. The Hall–Kier alpha value is -3.04. The highest BCUT2D eigenvalue weighted by Gasteiger charge is 2.10. The first kappa shape index (κ1) is 18.3. The molecule has 4 rings (SSSR count). The van der Waals surface area contributed by atoms with Crippen LogP contribution >= 0.6 is 11.6 Å². The van der Waals surface area contributed by atoms with Crippen molar-refractivity contribution in [2.24, 2.45) is 0 Å². The van der Waals surface area contributed by atoms with E-state index in [1.807, 2.05) is 12.1 Å². The monoisotopic (exact) mass is 390 g/mol. The van der Waals surface area contributed by atoms with Gasteiger partial charge in [0.25, 0.3) is 0 Å². The van der Waals surface area contributed by atoms with Gasteiger partial charge in [0, 0.05) is 11.1 Å². The molecule has 0 unspecified atom stereocenters. The number of hydrogen-bond acceptors (Lipinski definition) is 3. The molecule has 0 radical (unpaired) electrons. The van der Waals surface area contributed by atoms with Gasteiger partial charge in [-0.1, -0.05) is 47.5 Å². The summed E-state index contributed by atoms with van der Waals surface area (Å²) in [6.45, 7) is 4.59. The smallest absolute Gasteiger partial charge is 0.200 e. The minimum atomic E-state index is -0.0790. The molecule has 0 bridgehead atoms. The molecule has 4 heteroatoms. The van der Waals surface area contributed by atoms with Gasteiger partial charge in [-0.3, -0.25) is 4.79 Å². The minimum absolute atomic E-state index is 0.0790. The fraction of sp³-hybridized carbons (Fsp3) is 0.125. The van der Waals surface area contributed by atoms with E-state index >= 15 is 0 Å². The standard InChI is InChI=1S/C24H19ClO3/c1-15-3-4-16(2)18(11-15)13-27-20-9-10-21-23(12-20)28-14-22(24(21)26)17-5-7-19(25)8-6-17/h3-12,14H,13H2,1-2H3. The molecule has 0 amide bonds. The number of aryl methyl sites for hydroxylation is 2. The molecule has 4 aromatic rings. The Morgan fingerprint density at radius 1 is 0.964 bits per heavy atom. The molecule has 140 valence electrons. The molecule has 0 atom stereocenters. The summed E-state index contributed by atoms with van der Waals surface area (Å²) in [5, 5.41) is 1.14. The van der Waals surface area contributed by atoms with Crippen molar-refractivity contribution < 1.29 is 9.15 Å². The van der Waals surface area contributed by atoms with Crippen LogP contribution in [-0.2, 0) is 6.61 Å². The molecule has 3 aromatic carbocycles. The van der Waals surface area contributed by atoms with Gasteiger partial charge >= 0.3 is 0 Å². The Morgan fingerprint density at radius 3 is 2.54 bits per heavy atom. The van der Waals surface area contributed by atoms with E-state index in [-0.39, 0.29) is 5.43 Å². The van der Waals surface area contributed by atoms with E-state index < -0.39 is 0 Å². The molecule has 0 aliphatic carbocycles. The zero-order valence-corrected chi connectivity index (χ0v) is 16.4. The van der Waals surface area contributed by atoms with Crippen LogP contribution in [0.2, 0.25) is 5.02 Å². The van der Waals surface area contributed by atoms with Crippen LogP contribution in [0.4, 0.5) is 0 Å². The molecule has 1 heterocycles. The molecular formula is C24H19ClO3. The Labute approximate surface area is 168 Å². The summed E-state index contributed by atoms with van der Waals surface area (Å²) >= 11 is 5.93. The summed E-state index contributed by atoms with van der Waals surface area (Å²) in [5.41, 5.74) is 5.22. The van der Waals surface area contributed by atoms with Crippen LogP contribution in [0.1, 0.15) is 16.7 Å². The molecule has 28 heavy (non-hydrogen) atoms. The second-order valence-corrected chi connectivity index (χ2v) is 7.30. The Morgan fingerprint density at radius 2 is 1.75 bits per heavy atom. The maximum absolute atomic E-state index is 12.9. The summed E-state index contributed by atoms with van der Waals surface area (Å²) in [4.78, 5) is 12.9. The van der Waals surface area contributed by atoms with Gasteiger partial charge in [0.1, 0.15) is 24.2 Å². The molecule has 0 aliphatic rings. The molecule has 0 N–H and O–H groups in total. The number of rotatable bonds is 4. The number of hydrogen-bond donors (Lipinski definition) is 0. The zero-order chi connectivity index (χ0) is 19.7. The second kappa shape index (κ2) is 7.53. The van der Waals surface area contributed by atoms with Crippen LogP contribution in [0, 0.1) is 13.8 Å². The lowest BCUT2D eigenvalue weighted by molar-refractivity contribution is 0.305. The largest absolute Gasteiger partial charge is 0.489 e. The lowest BCUT2D eigenvalue weighted by Crippen LogP contribution is -2.05. The summed E-state index contributed by atoms with van der Waals surface area (Å²) in [6.07, 6.45) is 1.49. The first-order chi connectivity index (χ1) is 13.5. The fourth-order valence-corrected chi connectivity index (χ4v) is 3.27. The Kier molecular flexibility index (Phi) is 4.93. The van der Waals surface area contributed by atoms with Crippen LogP contribution in [0.3, 0.4) is 0 Å². The molecule has 3 nitrogen and oxygen atoms in total. The van der Waals surface area contributed by atoms with Crippen molar-refractivity contribution in [2.75, 3.05) is 0 Å². The molecule has 0 spiro atoms. The van der Waals surface area contributed by atoms with E-state index in [9.17, 15) is 4.79 Å². The number of ether oxygens (including phenoxy) is 1. The number of fused-ring (bicyclic) bond motifs is 1. The highest BCUT2D eigenvalue weighted by molar-refractivity contribution is 6.30. The van der Waals surface area contributed by atoms with Crippen molar-refractivity contribution in [3.8, 4) is 16.9 Å². The first-order valence-electron chi connectivity index (χ1n) is 9.02. The van der Waals surface area contributed by atoms with Gasteiger partial charge in [-0.25, -0.2) is 0 Å². The van der Waals surface area contributed by atoms with E-state index in [0.717, 1.165) is 11.1 Å². The highest BCUT2D eigenvalue weighted by Crippen LogP contribution is 2.25. The minimum Gasteiger partial charge on any atom is -0.489 e. The molecule has 1 aromatic heterocycles. The average Bonchev–Trinajstić information content (AvgIpc) is 2.70. The maximum atomic E-state index is 12.9. The summed E-state index contributed by atoms with van der Waals surface area (Å²) in [7, 11) is 0. The summed E-state index contributed by atoms with van der Waals surface area (Å²) < 4.78 is 11.7. The van der Waals surface area contributed by atoms with E-state index in [1.165, 1.54) is 17.4 Å². The van der Waals surface area contributed by atoms with Crippen molar-refractivity contribution in [1.82, 2.24) is 0 Å². The third kappa shape index (κ3) is 3.67. The Bertz CT molecular complexity index is 1210. The summed E-state index contributed by atoms with van der Waals surface area (Å²) in [6, 6.07) is 18.7. The van der Waals surface area contributed by atoms with Crippen LogP contribution in [0.15, 0.2) is 76.1 Å². The molecule has 0 saturated heterocycles. The number of halogens is 1. The van der Waals surface area contributed by atoms with Crippen LogP contribution in [0.5, 0.6) is 5.75 Å². The Balaban J connectivity index is 1.63. The quantitative estimate of drug-likeness (QED) is 0.410. The predicted molar refractivity (Wildman–Crippen MR) is 113 cm³/mol.